The molecule has 1 aliphatic rings. The van der Waals surface area contributed by atoms with E-state index in [1.165, 1.54) is 25.9 Å². The summed E-state index contributed by atoms with van der Waals surface area (Å²) in [6.45, 7) is 9.30. The van der Waals surface area contributed by atoms with E-state index in [1.807, 2.05) is 37.4 Å². The third-order valence-corrected chi connectivity index (χ3v) is 4.47. The van der Waals surface area contributed by atoms with Gasteiger partial charge in [-0.25, -0.2) is 0 Å². The van der Waals surface area contributed by atoms with Gasteiger partial charge in [0.25, 0.3) is 0 Å². The van der Waals surface area contributed by atoms with Crippen molar-refractivity contribution in [1.82, 2.24) is 15.5 Å². The SMILES string of the molecule is CN=C(NCCOc1ccccc1)NCC1CCCN(C(C)C)C1. The average molecular weight is 332 g/mol. The van der Waals surface area contributed by atoms with Gasteiger partial charge in [0.1, 0.15) is 12.4 Å². The molecule has 5 nitrogen and oxygen atoms in total. The van der Waals surface area contributed by atoms with Crippen LogP contribution in [0.5, 0.6) is 5.75 Å². The molecule has 1 atom stereocenters. The summed E-state index contributed by atoms with van der Waals surface area (Å²) in [5.41, 5.74) is 0. The summed E-state index contributed by atoms with van der Waals surface area (Å²) < 4.78 is 5.68. The molecule has 2 N–H and O–H groups in total. The van der Waals surface area contributed by atoms with Gasteiger partial charge in [0.2, 0.25) is 0 Å². The number of nitrogens with zero attached hydrogens (tertiary/aromatic N) is 2. The zero-order valence-corrected chi connectivity index (χ0v) is 15.3. The third-order valence-electron chi connectivity index (χ3n) is 4.47. The summed E-state index contributed by atoms with van der Waals surface area (Å²) in [5, 5.41) is 6.77. The summed E-state index contributed by atoms with van der Waals surface area (Å²) in [4.78, 5) is 6.87. The molecule has 1 fully saturated rings. The maximum Gasteiger partial charge on any atom is 0.191 e. The number of rotatable bonds is 7. The summed E-state index contributed by atoms with van der Waals surface area (Å²) in [6.07, 6.45) is 2.59. The van der Waals surface area contributed by atoms with Crippen molar-refractivity contribution in [3.05, 3.63) is 30.3 Å². The van der Waals surface area contributed by atoms with Gasteiger partial charge in [-0.2, -0.15) is 0 Å². The quantitative estimate of drug-likeness (QED) is 0.457. The number of likely N-dealkylation sites (tertiary alicyclic amines) is 1. The van der Waals surface area contributed by atoms with Crippen molar-refractivity contribution in [2.75, 3.05) is 39.8 Å². The van der Waals surface area contributed by atoms with Crippen LogP contribution in [0.2, 0.25) is 0 Å². The molecule has 2 rings (SSSR count). The first kappa shape index (κ1) is 18.6. The molecule has 24 heavy (non-hydrogen) atoms. The number of benzene rings is 1. The lowest BCUT2D eigenvalue weighted by Crippen LogP contribution is -2.46. The second-order valence-electron chi connectivity index (χ2n) is 6.64. The summed E-state index contributed by atoms with van der Waals surface area (Å²) in [6, 6.07) is 10.5. The molecule has 1 saturated heterocycles. The summed E-state index contributed by atoms with van der Waals surface area (Å²) in [5.74, 6) is 2.45. The van der Waals surface area contributed by atoms with E-state index in [4.69, 9.17) is 4.74 Å². The molecule has 0 aliphatic carbocycles. The molecule has 1 aromatic rings. The maximum atomic E-state index is 5.68. The molecule has 134 valence electrons. The van der Waals surface area contributed by atoms with Crippen molar-refractivity contribution in [1.29, 1.82) is 0 Å². The standard InChI is InChI=1S/C19H32N4O/c1-16(2)23-12-7-8-17(15-23)14-22-19(20-3)21-11-13-24-18-9-5-4-6-10-18/h4-6,9-10,16-17H,7-8,11-15H2,1-3H3,(H2,20,21,22). The van der Waals surface area contributed by atoms with Crippen molar-refractivity contribution in [3.8, 4) is 5.75 Å². The molecule has 0 spiro atoms. The molecular weight excluding hydrogens is 300 g/mol. The molecule has 0 saturated carbocycles. The Bertz CT molecular complexity index is 489. The van der Waals surface area contributed by atoms with Gasteiger partial charge >= 0.3 is 0 Å². The lowest BCUT2D eigenvalue weighted by atomic mass is 9.97. The van der Waals surface area contributed by atoms with Crippen LogP contribution in [-0.4, -0.2) is 56.7 Å². The number of hydrogen-bond donors (Lipinski definition) is 2. The Morgan fingerprint density at radius 2 is 2.08 bits per heavy atom. The maximum absolute atomic E-state index is 5.68. The van der Waals surface area contributed by atoms with Crippen LogP contribution in [0.3, 0.4) is 0 Å². The van der Waals surface area contributed by atoms with Gasteiger partial charge in [-0.3, -0.25) is 4.99 Å². The smallest absolute Gasteiger partial charge is 0.191 e. The van der Waals surface area contributed by atoms with Gasteiger partial charge in [0, 0.05) is 26.2 Å². The number of ether oxygens (including phenoxy) is 1. The van der Waals surface area contributed by atoms with E-state index in [2.05, 4.69) is 34.4 Å². The molecule has 0 radical (unpaired) electrons. The number of hydrogen-bond acceptors (Lipinski definition) is 3. The minimum atomic E-state index is 0.620. The molecular formula is C19H32N4O. The molecule has 1 unspecified atom stereocenters. The van der Waals surface area contributed by atoms with Crippen LogP contribution in [0, 0.1) is 5.92 Å². The number of aliphatic imine (C=N–C) groups is 1. The van der Waals surface area contributed by atoms with Crippen molar-refractivity contribution in [2.45, 2.75) is 32.7 Å². The summed E-state index contributed by atoms with van der Waals surface area (Å²) in [7, 11) is 1.81. The highest BCUT2D eigenvalue weighted by molar-refractivity contribution is 5.79. The van der Waals surface area contributed by atoms with E-state index < -0.39 is 0 Å². The van der Waals surface area contributed by atoms with E-state index in [0.717, 1.165) is 24.8 Å². The van der Waals surface area contributed by atoms with Crippen LogP contribution < -0.4 is 15.4 Å². The van der Waals surface area contributed by atoms with E-state index in [1.54, 1.807) is 0 Å². The Kier molecular flexibility index (Phi) is 7.89. The van der Waals surface area contributed by atoms with Crippen molar-refractivity contribution in [2.24, 2.45) is 10.9 Å². The number of piperidine rings is 1. The molecule has 0 aromatic heterocycles. The van der Waals surface area contributed by atoms with Crippen LogP contribution in [0.25, 0.3) is 0 Å². The number of nitrogens with one attached hydrogen (secondary N) is 2. The predicted octanol–water partition coefficient (Wildman–Crippen LogP) is 2.35. The zero-order chi connectivity index (χ0) is 17.2. The first-order valence-electron chi connectivity index (χ1n) is 9.05. The Labute approximate surface area is 146 Å². The molecule has 1 aromatic carbocycles. The second kappa shape index (κ2) is 10.2. The van der Waals surface area contributed by atoms with Gasteiger partial charge in [0.15, 0.2) is 5.96 Å². The monoisotopic (exact) mass is 332 g/mol. The van der Waals surface area contributed by atoms with Crippen LogP contribution in [0.1, 0.15) is 26.7 Å². The number of guanidine groups is 1. The minimum Gasteiger partial charge on any atom is -0.492 e. The fourth-order valence-electron chi connectivity index (χ4n) is 3.05. The van der Waals surface area contributed by atoms with Crippen molar-refractivity contribution in [3.63, 3.8) is 0 Å². The van der Waals surface area contributed by atoms with Gasteiger partial charge in [0.05, 0.1) is 6.54 Å². The second-order valence-corrected chi connectivity index (χ2v) is 6.64. The molecule has 1 aliphatic heterocycles. The van der Waals surface area contributed by atoms with Gasteiger partial charge in [-0.05, 0) is 51.3 Å². The summed E-state index contributed by atoms with van der Waals surface area (Å²) >= 11 is 0. The lowest BCUT2D eigenvalue weighted by Gasteiger charge is -2.35. The lowest BCUT2D eigenvalue weighted by molar-refractivity contribution is 0.141. The molecule has 1 heterocycles. The van der Waals surface area contributed by atoms with E-state index in [9.17, 15) is 0 Å². The first-order valence-corrected chi connectivity index (χ1v) is 9.05. The molecule has 0 bridgehead atoms. The van der Waals surface area contributed by atoms with Crippen LogP contribution in [0.4, 0.5) is 0 Å². The van der Waals surface area contributed by atoms with Gasteiger partial charge < -0.3 is 20.3 Å². The zero-order valence-electron chi connectivity index (χ0n) is 15.3. The Balaban J connectivity index is 1.63. The van der Waals surface area contributed by atoms with E-state index >= 15 is 0 Å². The highest BCUT2D eigenvalue weighted by Gasteiger charge is 2.21. The largest absolute Gasteiger partial charge is 0.492 e. The topological polar surface area (TPSA) is 48.9 Å². The molecule has 5 heteroatoms. The fraction of sp³-hybridized carbons (Fsp3) is 0.632. The highest BCUT2D eigenvalue weighted by atomic mass is 16.5. The van der Waals surface area contributed by atoms with Crippen LogP contribution in [-0.2, 0) is 0 Å². The first-order chi connectivity index (χ1) is 11.7. The Hall–Kier alpha value is -1.75. The van der Waals surface area contributed by atoms with Crippen molar-refractivity contribution < 1.29 is 4.74 Å². The average Bonchev–Trinajstić information content (AvgIpc) is 2.62. The van der Waals surface area contributed by atoms with Crippen molar-refractivity contribution >= 4 is 5.96 Å². The normalized spacial score (nSPS) is 19.3. The molecule has 0 amide bonds. The fourth-order valence-corrected chi connectivity index (χ4v) is 3.05. The minimum absolute atomic E-state index is 0.620. The Morgan fingerprint density at radius 1 is 1.29 bits per heavy atom. The highest BCUT2D eigenvalue weighted by Crippen LogP contribution is 2.17. The van der Waals surface area contributed by atoms with Gasteiger partial charge in [-0.1, -0.05) is 18.2 Å². The van der Waals surface area contributed by atoms with Crippen LogP contribution >= 0.6 is 0 Å². The van der Waals surface area contributed by atoms with E-state index in [-0.39, 0.29) is 0 Å². The number of para-hydroxylation sites is 1. The predicted molar refractivity (Wildman–Crippen MR) is 101 cm³/mol. The van der Waals surface area contributed by atoms with Crippen LogP contribution in [0.15, 0.2) is 35.3 Å². The Morgan fingerprint density at radius 3 is 2.79 bits per heavy atom. The van der Waals surface area contributed by atoms with Gasteiger partial charge in [-0.15, -0.1) is 0 Å². The third kappa shape index (κ3) is 6.40. The van der Waals surface area contributed by atoms with E-state index in [0.29, 0.717) is 18.6 Å².